The smallest absolute Gasteiger partial charge is 0.0992 e. The van der Waals surface area contributed by atoms with Crippen LogP contribution in [0, 0.1) is 0 Å². The van der Waals surface area contributed by atoms with Crippen molar-refractivity contribution in [3.63, 3.8) is 0 Å². The summed E-state index contributed by atoms with van der Waals surface area (Å²) in [6.45, 7) is 0. The highest BCUT2D eigenvalue weighted by molar-refractivity contribution is 6.42. The van der Waals surface area contributed by atoms with E-state index in [2.05, 4.69) is 4.98 Å². The third kappa shape index (κ3) is 1.56. The average Bonchev–Trinajstić information content (AvgIpc) is 2.64. The molecule has 1 aromatic carbocycles. The minimum absolute atomic E-state index is 0.452. The Morgan fingerprint density at radius 1 is 1.21 bits per heavy atom. The van der Waals surface area contributed by atoms with E-state index in [0.717, 1.165) is 5.69 Å². The van der Waals surface area contributed by atoms with Gasteiger partial charge < -0.3 is 10.3 Å². The van der Waals surface area contributed by atoms with Crippen molar-refractivity contribution in [1.82, 2.24) is 9.55 Å². The van der Waals surface area contributed by atoms with Crippen LogP contribution < -0.4 is 5.73 Å². The molecule has 0 unspecified atom stereocenters. The topological polar surface area (TPSA) is 43.8 Å². The minimum Gasteiger partial charge on any atom is -0.397 e. The Morgan fingerprint density at radius 3 is 2.57 bits per heavy atom. The molecule has 0 fully saturated rings. The molecule has 0 aliphatic heterocycles. The van der Waals surface area contributed by atoms with Gasteiger partial charge in [-0.2, -0.15) is 0 Å². The van der Waals surface area contributed by atoms with Crippen LogP contribution >= 0.6 is 23.2 Å². The van der Waals surface area contributed by atoms with Gasteiger partial charge in [0.15, 0.2) is 0 Å². The largest absolute Gasteiger partial charge is 0.397 e. The van der Waals surface area contributed by atoms with Crippen LogP contribution in [0.2, 0.25) is 10.0 Å². The lowest BCUT2D eigenvalue weighted by Crippen LogP contribution is -1.97. The zero-order chi connectivity index (χ0) is 10.1. The van der Waals surface area contributed by atoms with E-state index in [-0.39, 0.29) is 0 Å². The molecule has 0 aliphatic carbocycles. The molecule has 0 atom stereocenters. The first-order chi connectivity index (χ1) is 6.68. The van der Waals surface area contributed by atoms with Crippen LogP contribution in [0.3, 0.4) is 0 Å². The molecule has 2 rings (SSSR count). The first-order valence-corrected chi connectivity index (χ1v) is 4.67. The SMILES string of the molecule is Nc1cc(Cl)c(Cl)cc1-n1ccnc1. The molecule has 14 heavy (non-hydrogen) atoms. The predicted molar refractivity (Wildman–Crippen MR) is 58.0 cm³/mol. The van der Waals surface area contributed by atoms with Crippen molar-refractivity contribution in [3.8, 4) is 5.69 Å². The first-order valence-electron chi connectivity index (χ1n) is 3.91. The Kier molecular flexibility index (Phi) is 2.35. The van der Waals surface area contributed by atoms with E-state index in [1.807, 2.05) is 0 Å². The highest BCUT2D eigenvalue weighted by Crippen LogP contribution is 2.29. The van der Waals surface area contributed by atoms with Crippen molar-refractivity contribution >= 4 is 28.9 Å². The van der Waals surface area contributed by atoms with Crippen LogP contribution in [0.15, 0.2) is 30.9 Å². The molecule has 72 valence electrons. The van der Waals surface area contributed by atoms with Gasteiger partial charge >= 0.3 is 0 Å². The summed E-state index contributed by atoms with van der Waals surface area (Å²) < 4.78 is 1.78. The maximum Gasteiger partial charge on any atom is 0.0992 e. The van der Waals surface area contributed by atoms with Gasteiger partial charge in [-0.3, -0.25) is 0 Å². The minimum atomic E-state index is 0.452. The monoisotopic (exact) mass is 227 g/mol. The molecule has 0 spiro atoms. The van der Waals surface area contributed by atoms with Gasteiger partial charge in [0.05, 0.1) is 27.7 Å². The molecular weight excluding hydrogens is 221 g/mol. The van der Waals surface area contributed by atoms with Crippen molar-refractivity contribution in [2.24, 2.45) is 0 Å². The van der Waals surface area contributed by atoms with E-state index in [9.17, 15) is 0 Å². The number of benzene rings is 1. The summed E-state index contributed by atoms with van der Waals surface area (Å²) in [5, 5.41) is 0.928. The number of nitrogens with two attached hydrogens (primary N) is 1. The molecule has 0 bridgehead atoms. The number of imidazole rings is 1. The normalized spacial score (nSPS) is 10.4. The highest BCUT2D eigenvalue weighted by atomic mass is 35.5. The van der Waals surface area contributed by atoms with Crippen LogP contribution in [-0.2, 0) is 0 Å². The number of hydrogen-bond donors (Lipinski definition) is 1. The maximum atomic E-state index is 5.88. The van der Waals surface area contributed by atoms with Gasteiger partial charge in [-0.1, -0.05) is 23.2 Å². The van der Waals surface area contributed by atoms with E-state index in [4.69, 9.17) is 28.9 Å². The molecule has 0 aliphatic rings. The summed E-state index contributed by atoms with van der Waals surface area (Å²) in [6, 6.07) is 3.33. The molecule has 3 nitrogen and oxygen atoms in total. The third-order valence-corrected chi connectivity index (χ3v) is 2.57. The molecular formula is C9H7Cl2N3. The van der Waals surface area contributed by atoms with Gasteiger partial charge in [0.2, 0.25) is 0 Å². The fourth-order valence-corrected chi connectivity index (χ4v) is 1.51. The Morgan fingerprint density at radius 2 is 1.93 bits per heavy atom. The van der Waals surface area contributed by atoms with Crippen LogP contribution in [0.4, 0.5) is 5.69 Å². The lowest BCUT2D eigenvalue weighted by molar-refractivity contribution is 1.06. The number of halogens is 2. The predicted octanol–water partition coefficient (Wildman–Crippen LogP) is 2.76. The Labute approximate surface area is 91.1 Å². The molecule has 1 aromatic heterocycles. The van der Waals surface area contributed by atoms with Crippen molar-refractivity contribution in [2.75, 3.05) is 5.73 Å². The van der Waals surface area contributed by atoms with E-state index in [1.165, 1.54) is 0 Å². The first kappa shape index (κ1) is 9.37. The van der Waals surface area contributed by atoms with E-state index in [1.54, 1.807) is 35.4 Å². The van der Waals surface area contributed by atoms with Crippen LogP contribution in [0.5, 0.6) is 0 Å². The molecule has 2 aromatic rings. The summed E-state index contributed by atoms with van der Waals surface area (Å²) in [5.41, 5.74) is 7.13. The van der Waals surface area contributed by atoms with Gasteiger partial charge in [-0.15, -0.1) is 0 Å². The maximum absolute atomic E-state index is 5.88. The third-order valence-electron chi connectivity index (χ3n) is 1.85. The summed E-state index contributed by atoms with van der Waals surface area (Å²) in [7, 11) is 0. The Hall–Kier alpha value is -1.19. The number of nitrogens with zero attached hydrogens (tertiary/aromatic N) is 2. The average molecular weight is 228 g/mol. The molecule has 2 N–H and O–H groups in total. The number of rotatable bonds is 1. The molecule has 0 saturated carbocycles. The van der Waals surface area contributed by atoms with Crippen molar-refractivity contribution in [1.29, 1.82) is 0 Å². The van der Waals surface area contributed by atoms with Gasteiger partial charge in [0.1, 0.15) is 0 Å². The summed E-state index contributed by atoms with van der Waals surface area (Å²) >= 11 is 11.7. The lowest BCUT2D eigenvalue weighted by atomic mass is 10.2. The second kappa shape index (κ2) is 3.52. The number of hydrogen-bond acceptors (Lipinski definition) is 2. The fourth-order valence-electron chi connectivity index (χ4n) is 1.18. The van der Waals surface area contributed by atoms with Crippen molar-refractivity contribution < 1.29 is 0 Å². The lowest BCUT2D eigenvalue weighted by Gasteiger charge is -2.07. The standard InChI is InChI=1S/C9H7Cl2N3/c10-6-3-8(12)9(4-7(6)11)14-2-1-13-5-14/h1-5H,12H2. The zero-order valence-electron chi connectivity index (χ0n) is 7.11. The second-order valence-electron chi connectivity index (χ2n) is 2.80. The number of aromatic nitrogens is 2. The quantitative estimate of drug-likeness (QED) is 0.762. The summed E-state index contributed by atoms with van der Waals surface area (Å²) in [5.74, 6) is 0. The fraction of sp³-hybridized carbons (Fsp3) is 0. The number of anilines is 1. The Balaban J connectivity index is 2.60. The zero-order valence-corrected chi connectivity index (χ0v) is 8.63. The van der Waals surface area contributed by atoms with Crippen LogP contribution in [-0.4, -0.2) is 9.55 Å². The molecule has 1 heterocycles. The molecule has 0 saturated heterocycles. The van der Waals surface area contributed by atoms with Crippen molar-refractivity contribution in [3.05, 3.63) is 40.9 Å². The molecule has 0 radical (unpaired) electrons. The van der Waals surface area contributed by atoms with E-state index >= 15 is 0 Å². The molecule has 5 heteroatoms. The van der Waals surface area contributed by atoms with Gasteiger partial charge in [0.25, 0.3) is 0 Å². The van der Waals surface area contributed by atoms with E-state index < -0.39 is 0 Å². The molecule has 0 amide bonds. The van der Waals surface area contributed by atoms with Gasteiger partial charge in [0, 0.05) is 12.4 Å². The number of nitrogen functional groups attached to an aromatic ring is 1. The van der Waals surface area contributed by atoms with Crippen LogP contribution in [0.25, 0.3) is 5.69 Å². The van der Waals surface area contributed by atoms with Gasteiger partial charge in [-0.05, 0) is 12.1 Å². The highest BCUT2D eigenvalue weighted by Gasteiger charge is 2.05. The van der Waals surface area contributed by atoms with Crippen molar-refractivity contribution in [2.45, 2.75) is 0 Å². The second-order valence-corrected chi connectivity index (χ2v) is 3.61. The summed E-state index contributed by atoms with van der Waals surface area (Å²) in [6.07, 6.45) is 5.10. The summed E-state index contributed by atoms with van der Waals surface area (Å²) in [4.78, 5) is 3.92. The van der Waals surface area contributed by atoms with Crippen LogP contribution in [0.1, 0.15) is 0 Å². The van der Waals surface area contributed by atoms with Gasteiger partial charge in [-0.25, -0.2) is 4.98 Å². The van der Waals surface area contributed by atoms with E-state index in [0.29, 0.717) is 15.7 Å². The Bertz CT molecular complexity index is 451.